The zero-order valence-corrected chi connectivity index (χ0v) is 20.8. The summed E-state index contributed by atoms with van der Waals surface area (Å²) in [6.45, 7) is -6.30. The van der Waals surface area contributed by atoms with E-state index in [0.717, 1.165) is 60.4 Å². The molecule has 0 atom stereocenters. The zero-order valence-electron chi connectivity index (χ0n) is 22.9. The van der Waals surface area contributed by atoms with Gasteiger partial charge < -0.3 is 10.2 Å². The van der Waals surface area contributed by atoms with Gasteiger partial charge in [0.2, 0.25) is 0 Å². The van der Waals surface area contributed by atoms with Crippen LogP contribution in [0.15, 0.2) is 23.4 Å². The third kappa shape index (κ3) is 5.17. The Bertz CT molecular complexity index is 1200. The van der Waals surface area contributed by atoms with Gasteiger partial charge >= 0.3 is 6.03 Å². The van der Waals surface area contributed by atoms with E-state index in [2.05, 4.69) is 16.5 Å². The van der Waals surface area contributed by atoms with Gasteiger partial charge in [0.25, 0.3) is 10.0 Å². The molecular formula is C20H27KN5O3S. The van der Waals surface area contributed by atoms with Gasteiger partial charge in [0, 0.05) is 78.0 Å². The fourth-order valence-electron chi connectivity index (χ4n) is 4.09. The first-order valence-corrected chi connectivity index (χ1v) is 11.1. The molecule has 10 heteroatoms. The molecule has 1 radical (unpaired) electrons. The first kappa shape index (κ1) is 16.8. The Labute approximate surface area is 228 Å². The van der Waals surface area contributed by atoms with Gasteiger partial charge in [-0.15, -0.1) is 0 Å². The average molecular weight is 463 g/mol. The molecule has 0 bridgehead atoms. The van der Waals surface area contributed by atoms with Crippen molar-refractivity contribution in [3.8, 4) is 0 Å². The molecule has 0 spiro atoms. The molecule has 2 N–H and O–H groups in total. The predicted octanol–water partition coefficient (Wildman–Crippen LogP) is 1.55. The molecule has 2 amide bonds. The second-order valence-corrected chi connectivity index (χ2v) is 8.99. The molecule has 0 aliphatic heterocycles. The summed E-state index contributed by atoms with van der Waals surface area (Å²) in [7, 11) is -4.31. The van der Waals surface area contributed by atoms with E-state index in [9.17, 15) is 13.2 Å². The first-order valence-electron chi connectivity index (χ1n) is 12.6. The minimum absolute atomic E-state index is 0. The Morgan fingerprint density at radius 3 is 2.50 bits per heavy atom. The van der Waals surface area contributed by atoms with Crippen molar-refractivity contribution in [1.29, 1.82) is 0 Å². The number of aromatic nitrogens is 2. The third-order valence-corrected chi connectivity index (χ3v) is 6.61. The van der Waals surface area contributed by atoms with E-state index in [1.54, 1.807) is 0 Å². The maximum atomic E-state index is 12.7. The van der Waals surface area contributed by atoms with Gasteiger partial charge in [-0.05, 0) is 80.8 Å². The smallest absolute Gasteiger partial charge is 0.308 e. The fourth-order valence-corrected chi connectivity index (χ4v) is 4.95. The molecule has 157 valence electrons. The third-order valence-electron chi connectivity index (χ3n) is 5.38. The number of amides is 2. The van der Waals surface area contributed by atoms with Crippen LogP contribution in [-0.4, -0.2) is 101 Å². The number of rotatable bonds is 6. The minimum atomic E-state index is -4.31. The minimum Gasteiger partial charge on any atom is -0.308 e. The topological polar surface area (TPSA) is 96.3 Å². The monoisotopic (exact) mass is 462 g/mol. The van der Waals surface area contributed by atoms with Gasteiger partial charge in [-0.2, -0.15) is 13.5 Å². The molecule has 4 rings (SSSR count). The quantitative estimate of drug-likeness (QED) is 0.635. The fraction of sp³-hybridized carbons (Fsp3) is 0.500. The van der Waals surface area contributed by atoms with E-state index in [-0.39, 0.29) is 57.9 Å². The van der Waals surface area contributed by atoms with Crippen LogP contribution < -0.4 is 10.0 Å². The number of fused-ring (bicyclic) bond motifs is 2. The summed E-state index contributed by atoms with van der Waals surface area (Å²) < 4.78 is 72.9. The van der Waals surface area contributed by atoms with Crippen molar-refractivity contribution in [3.05, 3.63) is 40.6 Å². The van der Waals surface area contributed by atoms with Crippen LogP contribution in [0, 0.1) is 0 Å². The molecule has 1 aromatic heterocycles. The Morgan fingerprint density at radius 1 is 1.20 bits per heavy atom. The summed E-state index contributed by atoms with van der Waals surface area (Å²) in [4.78, 5) is 13.0. The molecule has 0 saturated heterocycles. The van der Waals surface area contributed by atoms with E-state index in [1.165, 1.54) is 17.3 Å². The maximum Gasteiger partial charge on any atom is 0.333 e. The zero-order chi connectivity index (χ0) is 25.6. The van der Waals surface area contributed by atoms with Crippen LogP contribution in [0.2, 0.25) is 0 Å². The molecule has 2 aliphatic rings. The summed E-state index contributed by atoms with van der Waals surface area (Å²) in [6.07, 6.45) is 6.81. The van der Waals surface area contributed by atoms with Crippen LogP contribution in [-0.2, 0) is 42.3 Å². The standard InChI is InChI=1S/C20H27N5O3S.K/c1-24(2)11-12-25-10-9-18(22-25)29(27,28)23-20(26)21-19-16-7-3-5-14(16)13-15-6-4-8-17(15)19;/h9-10,13H,3-8,11-12H2,1-2H3,(H2,21,23,26);/i1D3,2D3;. The van der Waals surface area contributed by atoms with Crippen LogP contribution in [0.3, 0.4) is 0 Å². The molecule has 30 heavy (non-hydrogen) atoms. The van der Waals surface area contributed by atoms with Crippen LogP contribution in [0.1, 0.15) is 43.3 Å². The number of nitrogens with one attached hydrogen (secondary N) is 2. The molecule has 2 aromatic rings. The van der Waals surface area contributed by atoms with Crippen molar-refractivity contribution >= 4 is 73.1 Å². The number of sulfonamides is 1. The molecule has 0 saturated carbocycles. The van der Waals surface area contributed by atoms with Crippen LogP contribution in [0.25, 0.3) is 0 Å². The number of nitrogens with zero attached hydrogens (tertiary/aromatic N) is 3. The van der Waals surface area contributed by atoms with E-state index in [1.807, 2.05) is 4.72 Å². The number of anilines is 1. The van der Waals surface area contributed by atoms with Crippen molar-refractivity contribution < 1.29 is 21.4 Å². The Kier molecular flexibility index (Phi) is 5.50. The summed E-state index contributed by atoms with van der Waals surface area (Å²) >= 11 is 0. The number of carbonyl (C=O) groups excluding carboxylic acids is 1. The van der Waals surface area contributed by atoms with Crippen LogP contribution in [0.4, 0.5) is 10.5 Å². The molecule has 0 unspecified atom stereocenters. The van der Waals surface area contributed by atoms with Crippen molar-refractivity contribution in [3.63, 3.8) is 0 Å². The molecule has 0 fully saturated rings. The number of aryl methyl sites for hydroxylation is 2. The molecule has 1 heterocycles. The first-order chi connectivity index (χ1) is 16.3. The second kappa shape index (κ2) is 9.80. The summed E-state index contributed by atoms with van der Waals surface area (Å²) in [5.41, 5.74) is 5.24. The van der Waals surface area contributed by atoms with Gasteiger partial charge in [-0.1, -0.05) is 6.07 Å². The summed E-state index contributed by atoms with van der Waals surface area (Å²) in [5.74, 6) is 0. The van der Waals surface area contributed by atoms with Gasteiger partial charge in [0.15, 0.2) is 5.03 Å². The number of benzene rings is 1. The van der Waals surface area contributed by atoms with Crippen molar-refractivity contribution in [1.82, 2.24) is 19.4 Å². The number of hydrogen-bond acceptors (Lipinski definition) is 5. The molecule has 2 aliphatic carbocycles. The van der Waals surface area contributed by atoms with Crippen molar-refractivity contribution in [2.45, 2.75) is 50.1 Å². The summed E-state index contributed by atoms with van der Waals surface area (Å²) in [6, 6.07) is 2.48. The number of likely N-dealkylation sites (N-methyl/N-ethyl adjacent to an activating group) is 1. The summed E-state index contributed by atoms with van der Waals surface area (Å²) in [5, 5.41) is 6.20. The molecule has 8 nitrogen and oxygen atoms in total. The predicted molar refractivity (Wildman–Crippen MR) is 116 cm³/mol. The van der Waals surface area contributed by atoms with Gasteiger partial charge in [-0.25, -0.2) is 9.52 Å². The van der Waals surface area contributed by atoms with Crippen LogP contribution in [0.5, 0.6) is 0 Å². The molecular weight excluding hydrogens is 429 g/mol. The van der Waals surface area contributed by atoms with E-state index in [4.69, 9.17) is 8.22 Å². The SMILES string of the molecule is [2H]C([2H])([2H])N(CCn1ccc(S(=O)(=O)NC(=O)Nc2c3c(cc4c2CCC4)CCC3)n1)C([2H])([2H])[2H].[K]. The van der Waals surface area contributed by atoms with Crippen molar-refractivity contribution in [2.75, 3.05) is 25.8 Å². The van der Waals surface area contributed by atoms with Gasteiger partial charge in [0.1, 0.15) is 0 Å². The number of hydrogen-bond donors (Lipinski definition) is 2. The van der Waals surface area contributed by atoms with Gasteiger partial charge in [-0.3, -0.25) is 4.68 Å². The Hall–Kier alpha value is -0.754. The van der Waals surface area contributed by atoms with Crippen LogP contribution >= 0.6 is 0 Å². The average Bonchev–Trinajstić information content (AvgIpc) is 3.45. The van der Waals surface area contributed by atoms with Crippen molar-refractivity contribution in [2.24, 2.45) is 0 Å². The molecule has 1 aromatic carbocycles. The van der Waals surface area contributed by atoms with E-state index in [0.29, 0.717) is 10.6 Å². The largest absolute Gasteiger partial charge is 0.333 e. The van der Waals surface area contributed by atoms with E-state index < -0.39 is 41.6 Å². The maximum absolute atomic E-state index is 12.7. The normalized spacial score (nSPS) is 18.7. The van der Waals surface area contributed by atoms with Gasteiger partial charge in [0.05, 0.1) is 6.54 Å². The number of carbonyl (C=O) groups is 1. The Morgan fingerprint density at radius 2 is 1.87 bits per heavy atom. The van der Waals surface area contributed by atoms with E-state index >= 15 is 0 Å². The Balaban J connectivity index is 0.00000361. The second-order valence-electron chi connectivity index (χ2n) is 7.36. The number of urea groups is 1.